The van der Waals surface area contributed by atoms with E-state index in [0.717, 1.165) is 5.69 Å². The molecule has 0 aliphatic rings. The van der Waals surface area contributed by atoms with Gasteiger partial charge < -0.3 is 5.73 Å². The maximum absolute atomic E-state index is 6.39. The van der Waals surface area contributed by atoms with Crippen LogP contribution in [0.5, 0.6) is 0 Å². The molecule has 0 bridgehead atoms. The number of hydrogen-bond acceptors (Lipinski definition) is 3. The smallest absolute Gasteiger partial charge is 0.0548 e. The fourth-order valence-electron chi connectivity index (χ4n) is 3.04. The molecule has 3 rings (SSSR count). The van der Waals surface area contributed by atoms with Crippen molar-refractivity contribution in [3.8, 4) is 0 Å². The highest BCUT2D eigenvalue weighted by Gasteiger charge is 2.26. The standard InChI is InChI=1S/C23H29NS2/c1-22(2,3)19-13-11-17(25-19)21(15-9-7-8-10-16(15)24)18-12-14-20(26-18)23(4,5)6/h7-14,21H,24H2,1-6H3. The number of nitrogen functional groups attached to an aromatic ring is 1. The number of para-hydroxylation sites is 1. The molecule has 0 fully saturated rings. The van der Waals surface area contributed by atoms with Gasteiger partial charge in [-0.05, 0) is 46.7 Å². The highest BCUT2D eigenvalue weighted by Crippen LogP contribution is 2.44. The lowest BCUT2D eigenvalue weighted by molar-refractivity contribution is 0.603. The van der Waals surface area contributed by atoms with Gasteiger partial charge in [0.15, 0.2) is 0 Å². The van der Waals surface area contributed by atoms with Crippen molar-refractivity contribution in [2.24, 2.45) is 0 Å². The molecule has 0 unspecified atom stereocenters. The van der Waals surface area contributed by atoms with Gasteiger partial charge in [-0.15, -0.1) is 22.7 Å². The minimum absolute atomic E-state index is 0.168. The Morgan fingerprint density at radius 1 is 0.692 bits per heavy atom. The van der Waals surface area contributed by atoms with Crippen molar-refractivity contribution >= 4 is 28.4 Å². The Labute approximate surface area is 165 Å². The molecule has 2 heterocycles. The first-order chi connectivity index (χ1) is 12.1. The highest BCUT2D eigenvalue weighted by molar-refractivity contribution is 7.14. The van der Waals surface area contributed by atoms with Crippen molar-refractivity contribution < 1.29 is 0 Å². The predicted molar refractivity (Wildman–Crippen MR) is 118 cm³/mol. The summed E-state index contributed by atoms with van der Waals surface area (Å²) in [7, 11) is 0. The predicted octanol–water partition coefficient (Wildman–Crippen LogP) is 7.17. The van der Waals surface area contributed by atoms with Crippen LogP contribution >= 0.6 is 22.7 Å². The molecule has 0 saturated heterocycles. The van der Waals surface area contributed by atoms with E-state index in [0.29, 0.717) is 0 Å². The first-order valence-electron chi connectivity index (χ1n) is 9.12. The SMILES string of the molecule is CC(C)(C)c1ccc(C(c2ccc(C(C)(C)C)s2)c2ccccc2N)s1. The molecule has 3 heteroatoms. The van der Waals surface area contributed by atoms with Gasteiger partial charge in [0.05, 0.1) is 5.92 Å². The van der Waals surface area contributed by atoms with E-state index in [1.807, 2.05) is 34.8 Å². The molecule has 3 aromatic rings. The summed E-state index contributed by atoms with van der Waals surface area (Å²) < 4.78 is 0. The summed E-state index contributed by atoms with van der Waals surface area (Å²) in [5.41, 5.74) is 8.80. The number of nitrogens with two attached hydrogens (primary N) is 1. The molecule has 138 valence electrons. The summed E-state index contributed by atoms with van der Waals surface area (Å²) in [6, 6.07) is 17.4. The van der Waals surface area contributed by atoms with Crippen LogP contribution in [0.25, 0.3) is 0 Å². The summed E-state index contributed by atoms with van der Waals surface area (Å²) in [6.07, 6.45) is 0. The van der Waals surface area contributed by atoms with Crippen molar-refractivity contribution in [2.45, 2.75) is 58.3 Å². The van der Waals surface area contributed by atoms with Crippen molar-refractivity contribution in [3.05, 3.63) is 73.6 Å². The van der Waals surface area contributed by atoms with E-state index in [4.69, 9.17) is 5.73 Å². The van der Waals surface area contributed by atoms with Crippen LogP contribution in [0, 0.1) is 0 Å². The van der Waals surface area contributed by atoms with Crippen LogP contribution in [0.1, 0.15) is 72.5 Å². The zero-order valence-electron chi connectivity index (χ0n) is 16.6. The molecular formula is C23H29NS2. The van der Waals surface area contributed by atoms with Crippen LogP contribution in [0.2, 0.25) is 0 Å². The minimum Gasteiger partial charge on any atom is -0.398 e. The molecule has 0 amide bonds. The molecular weight excluding hydrogens is 354 g/mol. The van der Waals surface area contributed by atoms with E-state index in [1.165, 1.54) is 25.1 Å². The molecule has 0 aliphatic carbocycles. The minimum atomic E-state index is 0.168. The lowest BCUT2D eigenvalue weighted by Gasteiger charge is -2.19. The third kappa shape index (κ3) is 3.89. The number of anilines is 1. The third-order valence-electron chi connectivity index (χ3n) is 4.61. The average molecular weight is 384 g/mol. The van der Waals surface area contributed by atoms with Gasteiger partial charge in [0.2, 0.25) is 0 Å². The largest absolute Gasteiger partial charge is 0.398 e. The number of hydrogen-bond donors (Lipinski definition) is 1. The molecule has 2 aromatic heterocycles. The molecule has 0 saturated carbocycles. The highest BCUT2D eigenvalue weighted by atomic mass is 32.1. The zero-order chi connectivity index (χ0) is 19.1. The Morgan fingerprint density at radius 3 is 1.54 bits per heavy atom. The maximum atomic E-state index is 6.39. The lowest BCUT2D eigenvalue weighted by Crippen LogP contribution is -2.08. The van der Waals surface area contributed by atoms with Crippen LogP contribution in [-0.2, 0) is 10.8 Å². The molecule has 1 nitrogen and oxygen atoms in total. The monoisotopic (exact) mass is 383 g/mol. The van der Waals surface area contributed by atoms with Crippen molar-refractivity contribution in [2.75, 3.05) is 5.73 Å². The fraction of sp³-hybridized carbons (Fsp3) is 0.391. The topological polar surface area (TPSA) is 26.0 Å². The lowest BCUT2D eigenvalue weighted by atomic mass is 9.92. The van der Waals surface area contributed by atoms with Crippen LogP contribution in [0.4, 0.5) is 5.69 Å². The van der Waals surface area contributed by atoms with Gasteiger partial charge in [-0.3, -0.25) is 0 Å². The van der Waals surface area contributed by atoms with Crippen LogP contribution < -0.4 is 5.73 Å². The van der Waals surface area contributed by atoms with Gasteiger partial charge in [0.25, 0.3) is 0 Å². The second-order valence-electron chi connectivity index (χ2n) is 8.97. The Balaban J connectivity index is 2.13. The van der Waals surface area contributed by atoms with Crippen molar-refractivity contribution in [1.82, 2.24) is 0 Å². The van der Waals surface area contributed by atoms with Gasteiger partial charge in [-0.25, -0.2) is 0 Å². The Hall–Kier alpha value is -1.58. The van der Waals surface area contributed by atoms with E-state index in [1.54, 1.807) is 0 Å². The third-order valence-corrected chi connectivity index (χ3v) is 7.76. The Morgan fingerprint density at radius 2 is 1.15 bits per heavy atom. The summed E-state index contributed by atoms with van der Waals surface area (Å²) in [4.78, 5) is 5.57. The molecule has 1 aromatic carbocycles. The summed E-state index contributed by atoms with van der Waals surface area (Å²) in [5.74, 6) is 0.207. The van der Waals surface area contributed by atoms with E-state index < -0.39 is 0 Å². The first kappa shape index (κ1) is 19.2. The van der Waals surface area contributed by atoms with E-state index in [2.05, 4.69) is 77.9 Å². The molecule has 0 spiro atoms. The molecule has 0 radical (unpaired) electrons. The Bertz CT molecular complexity index is 835. The van der Waals surface area contributed by atoms with Gasteiger partial charge >= 0.3 is 0 Å². The van der Waals surface area contributed by atoms with Crippen LogP contribution in [0.3, 0.4) is 0 Å². The Kier molecular flexibility index (Phi) is 5.06. The second kappa shape index (κ2) is 6.86. The summed E-state index contributed by atoms with van der Waals surface area (Å²) >= 11 is 3.83. The van der Waals surface area contributed by atoms with Gasteiger partial charge in [-0.1, -0.05) is 59.7 Å². The number of rotatable bonds is 3. The van der Waals surface area contributed by atoms with Gasteiger partial charge in [-0.2, -0.15) is 0 Å². The first-order valence-corrected chi connectivity index (χ1v) is 10.8. The quantitative estimate of drug-likeness (QED) is 0.477. The fourth-order valence-corrected chi connectivity index (χ4v) is 5.53. The molecule has 0 aliphatic heterocycles. The van der Waals surface area contributed by atoms with Gasteiger partial charge in [0.1, 0.15) is 0 Å². The number of thiophene rings is 2. The molecule has 2 N–H and O–H groups in total. The molecule has 26 heavy (non-hydrogen) atoms. The van der Waals surface area contributed by atoms with E-state index in [-0.39, 0.29) is 16.7 Å². The maximum Gasteiger partial charge on any atom is 0.0548 e. The average Bonchev–Trinajstić information content (AvgIpc) is 3.18. The van der Waals surface area contributed by atoms with Crippen LogP contribution in [-0.4, -0.2) is 0 Å². The van der Waals surface area contributed by atoms with E-state index in [9.17, 15) is 0 Å². The zero-order valence-corrected chi connectivity index (χ0v) is 18.2. The number of benzene rings is 1. The van der Waals surface area contributed by atoms with Crippen LogP contribution in [0.15, 0.2) is 48.5 Å². The van der Waals surface area contributed by atoms with E-state index >= 15 is 0 Å². The molecule has 0 atom stereocenters. The normalized spacial score (nSPS) is 12.7. The summed E-state index contributed by atoms with van der Waals surface area (Å²) in [6.45, 7) is 13.7. The van der Waals surface area contributed by atoms with Gasteiger partial charge in [0, 0.05) is 25.2 Å². The van der Waals surface area contributed by atoms with Crippen molar-refractivity contribution in [3.63, 3.8) is 0 Å². The second-order valence-corrected chi connectivity index (χ2v) is 11.2. The van der Waals surface area contributed by atoms with Crippen molar-refractivity contribution in [1.29, 1.82) is 0 Å². The summed E-state index contributed by atoms with van der Waals surface area (Å²) in [5, 5.41) is 0.